The van der Waals surface area contributed by atoms with Gasteiger partial charge >= 0.3 is 5.97 Å². The Morgan fingerprint density at radius 2 is 1.83 bits per heavy atom. The van der Waals surface area contributed by atoms with Crippen LogP contribution in [0.3, 0.4) is 0 Å². The number of carbonyl (C=O) groups is 2. The van der Waals surface area contributed by atoms with Crippen molar-refractivity contribution in [3.63, 3.8) is 0 Å². The highest BCUT2D eigenvalue weighted by Gasteiger charge is 2.20. The lowest BCUT2D eigenvalue weighted by Gasteiger charge is -2.17. The molecule has 0 aliphatic rings. The van der Waals surface area contributed by atoms with Crippen LogP contribution < -0.4 is 5.32 Å². The molecule has 0 bridgehead atoms. The molecule has 1 amide bonds. The van der Waals surface area contributed by atoms with Gasteiger partial charge in [-0.2, -0.15) is 0 Å². The van der Waals surface area contributed by atoms with Crippen molar-refractivity contribution in [2.45, 2.75) is 26.3 Å². The highest BCUT2D eigenvalue weighted by Crippen LogP contribution is 2.10. The number of hydrogen-bond acceptors (Lipinski definition) is 2. The molecular formula is C13H16ClNO3. The summed E-state index contributed by atoms with van der Waals surface area (Å²) in [5.74, 6) is -1.73. The maximum atomic E-state index is 11.7. The van der Waals surface area contributed by atoms with E-state index < -0.39 is 17.9 Å². The van der Waals surface area contributed by atoms with Crippen molar-refractivity contribution >= 4 is 23.5 Å². The van der Waals surface area contributed by atoms with E-state index in [0.29, 0.717) is 5.02 Å². The normalized spacial score (nSPS) is 13.7. The number of rotatable bonds is 5. The second kappa shape index (κ2) is 6.40. The minimum Gasteiger partial charge on any atom is -0.481 e. The monoisotopic (exact) mass is 269 g/mol. The number of aliphatic carboxylic acids is 1. The molecule has 5 heteroatoms. The fraction of sp³-hybridized carbons (Fsp3) is 0.385. The molecule has 1 rings (SSSR count). The number of carbonyl (C=O) groups excluding carboxylic acids is 1. The van der Waals surface area contributed by atoms with Crippen LogP contribution in [0.2, 0.25) is 5.02 Å². The minimum atomic E-state index is -0.922. The Labute approximate surface area is 111 Å². The number of amides is 1. The number of carboxylic acids is 1. The van der Waals surface area contributed by atoms with Gasteiger partial charge in [-0.25, -0.2) is 0 Å². The molecular weight excluding hydrogens is 254 g/mol. The average Bonchev–Trinajstić information content (AvgIpc) is 2.30. The molecule has 18 heavy (non-hydrogen) atoms. The first-order valence-electron chi connectivity index (χ1n) is 5.66. The van der Waals surface area contributed by atoms with Crippen molar-refractivity contribution in [1.29, 1.82) is 0 Å². The molecule has 0 aliphatic heterocycles. The van der Waals surface area contributed by atoms with E-state index in [-0.39, 0.29) is 12.3 Å². The van der Waals surface area contributed by atoms with Gasteiger partial charge in [0, 0.05) is 11.1 Å². The number of halogens is 1. The third kappa shape index (κ3) is 4.37. The molecule has 2 N–H and O–H groups in total. The standard InChI is InChI=1S/C13H16ClNO3/c1-8(13(17)18)9(2)15-12(16)7-10-3-5-11(14)6-4-10/h3-6,8-9H,7H2,1-2H3,(H,15,16)(H,17,18). The molecule has 1 aromatic rings. The number of nitrogens with one attached hydrogen (secondary N) is 1. The van der Waals surface area contributed by atoms with Gasteiger partial charge in [0.05, 0.1) is 12.3 Å². The molecule has 0 aromatic heterocycles. The predicted molar refractivity (Wildman–Crippen MR) is 69.6 cm³/mol. The summed E-state index contributed by atoms with van der Waals surface area (Å²) < 4.78 is 0. The molecule has 2 unspecified atom stereocenters. The van der Waals surface area contributed by atoms with Crippen molar-refractivity contribution in [2.75, 3.05) is 0 Å². The van der Waals surface area contributed by atoms with Crippen molar-refractivity contribution in [3.05, 3.63) is 34.9 Å². The lowest BCUT2D eigenvalue weighted by atomic mass is 10.0. The Morgan fingerprint density at radius 3 is 2.33 bits per heavy atom. The topological polar surface area (TPSA) is 66.4 Å². The highest BCUT2D eigenvalue weighted by atomic mass is 35.5. The quantitative estimate of drug-likeness (QED) is 0.860. The maximum absolute atomic E-state index is 11.7. The predicted octanol–water partition coefficient (Wildman–Crippen LogP) is 2.11. The molecule has 0 radical (unpaired) electrons. The summed E-state index contributed by atoms with van der Waals surface area (Å²) in [5, 5.41) is 12.1. The summed E-state index contributed by atoms with van der Waals surface area (Å²) in [7, 11) is 0. The van der Waals surface area contributed by atoms with E-state index in [1.165, 1.54) is 0 Å². The van der Waals surface area contributed by atoms with Gasteiger partial charge in [-0.1, -0.05) is 23.7 Å². The summed E-state index contributed by atoms with van der Waals surface area (Å²) in [6.45, 7) is 3.24. The lowest BCUT2D eigenvalue weighted by molar-refractivity contribution is -0.142. The van der Waals surface area contributed by atoms with Crippen LogP contribution >= 0.6 is 11.6 Å². The zero-order valence-corrected chi connectivity index (χ0v) is 11.1. The third-order valence-corrected chi connectivity index (χ3v) is 3.06. The van der Waals surface area contributed by atoms with Gasteiger partial charge in [-0.15, -0.1) is 0 Å². The number of hydrogen-bond donors (Lipinski definition) is 2. The van der Waals surface area contributed by atoms with Crippen LogP contribution in [0.25, 0.3) is 0 Å². The van der Waals surface area contributed by atoms with Gasteiger partial charge in [0.1, 0.15) is 0 Å². The highest BCUT2D eigenvalue weighted by molar-refractivity contribution is 6.30. The SMILES string of the molecule is CC(NC(=O)Cc1ccc(Cl)cc1)C(C)C(=O)O. The van der Waals surface area contributed by atoms with Crippen LogP contribution in [0.4, 0.5) is 0 Å². The molecule has 0 saturated carbocycles. The summed E-state index contributed by atoms with van der Waals surface area (Å²) in [4.78, 5) is 22.4. The van der Waals surface area contributed by atoms with E-state index in [1.54, 1.807) is 38.1 Å². The van der Waals surface area contributed by atoms with E-state index in [1.807, 2.05) is 0 Å². The first-order valence-corrected chi connectivity index (χ1v) is 6.04. The van der Waals surface area contributed by atoms with Crippen LogP contribution in [-0.4, -0.2) is 23.0 Å². The molecule has 0 fully saturated rings. The van der Waals surface area contributed by atoms with E-state index in [0.717, 1.165) is 5.56 Å². The van der Waals surface area contributed by atoms with Crippen molar-refractivity contribution < 1.29 is 14.7 Å². The van der Waals surface area contributed by atoms with Crippen molar-refractivity contribution in [3.8, 4) is 0 Å². The van der Waals surface area contributed by atoms with E-state index in [9.17, 15) is 9.59 Å². The van der Waals surface area contributed by atoms with Gasteiger partial charge in [-0.3, -0.25) is 9.59 Å². The van der Waals surface area contributed by atoms with Crippen LogP contribution in [0.1, 0.15) is 19.4 Å². The molecule has 2 atom stereocenters. The first-order chi connectivity index (χ1) is 8.40. The average molecular weight is 270 g/mol. The number of benzene rings is 1. The van der Waals surface area contributed by atoms with Crippen molar-refractivity contribution in [1.82, 2.24) is 5.32 Å². The largest absolute Gasteiger partial charge is 0.481 e. The second-order valence-electron chi connectivity index (χ2n) is 4.29. The Bertz CT molecular complexity index is 430. The second-order valence-corrected chi connectivity index (χ2v) is 4.72. The molecule has 0 saturated heterocycles. The molecule has 0 spiro atoms. The fourth-order valence-corrected chi connectivity index (χ4v) is 1.56. The zero-order chi connectivity index (χ0) is 13.7. The van der Waals surface area contributed by atoms with Gasteiger partial charge < -0.3 is 10.4 Å². The summed E-state index contributed by atoms with van der Waals surface area (Å²) >= 11 is 5.74. The van der Waals surface area contributed by atoms with E-state index in [4.69, 9.17) is 16.7 Å². The molecule has 98 valence electrons. The van der Waals surface area contributed by atoms with Crippen LogP contribution in [0.5, 0.6) is 0 Å². The Kier molecular flexibility index (Phi) is 5.16. The van der Waals surface area contributed by atoms with Gasteiger partial charge in [0.2, 0.25) is 5.91 Å². The Morgan fingerprint density at radius 1 is 1.28 bits per heavy atom. The molecule has 0 heterocycles. The Hall–Kier alpha value is -1.55. The van der Waals surface area contributed by atoms with E-state index in [2.05, 4.69) is 5.32 Å². The summed E-state index contributed by atoms with van der Waals surface area (Å²) in [5.41, 5.74) is 0.840. The minimum absolute atomic E-state index is 0.196. The third-order valence-electron chi connectivity index (χ3n) is 2.81. The van der Waals surface area contributed by atoms with Crippen LogP contribution in [-0.2, 0) is 16.0 Å². The van der Waals surface area contributed by atoms with Crippen molar-refractivity contribution in [2.24, 2.45) is 5.92 Å². The molecule has 0 aliphatic carbocycles. The molecule has 4 nitrogen and oxygen atoms in total. The smallest absolute Gasteiger partial charge is 0.308 e. The molecule has 1 aromatic carbocycles. The van der Waals surface area contributed by atoms with E-state index >= 15 is 0 Å². The number of carboxylic acid groups (broad SMARTS) is 1. The van der Waals surface area contributed by atoms with Gasteiger partial charge in [0.15, 0.2) is 0 Å². The zero-order valence-electron chi connectivity index (χ0n) is 10.3. The Balaban J connectivity index is 2.51. The van der Waals surface area contributed by atoms with Gasteiger partial charge in [-0.05, 0) is 31.5 Å². The van der Waals surface area contributed by atoms with Crippen LogP contribution in [0, 0.1) is 5.92 Å². The fourth-order valence-electron chi connectivity index (χ4n) is 1.43. The summed E-state index contributed by atoms with van der Waals surface area (Å²) in [6, 6.07) is 6.57. The summed E-state index contributed by atoms with van der Waals surface area (Å²) in [6.07, 6.45) is 0.216. The van der Waals surface area contributed by atoms with Gasteiger partial charge in [0.25, 0.3) is 0 Å². The first kappa shape index (κ1) is 14.5. The van der Waals surface area contributed by atoms with Crippen LogP contribution in [0.15, 0.2) is 24.3 Å². The lowest BCUT2D eigenvalue weighted by Crippen LogP contribution is -2.40. The maximum Gasteiger partial charge on any atom is 0.308 e.